The second-order valence-electron chi connectivity index (χ2n) is 6.88. The van der Waals surface area contributed by atoms with Crippen LogP contribution in [0.3, 0.4) is 0 Å². The van der Waals surface area contributed by atoms with E-state index in [1.807, 2.05) is 0 Å². The summed E-state index contributed by atoms with van der Waals surface area (Å²) in [7, 11) is 0. The SMILES string of the molecule is O=C1CCC(N2Cc3cc(O[C@@H]4CNCC[C@@H]4F)ccc3C2=O)C(=O)N1. The second kappa shape index (κ2) is 6.68. The van der Waals surface area contributed by atoms with Gasteiger partial charge in [-0.3, -0.25) is 19.7 Å². The first-order chi connectivity index (χ1) is 12.5. The number of carbonyl (C=O) groups excluding carboxylic acids is 3. The fraction of sp³-hybridized carbons (Fsp3) is 0.500. The van der Waals surface area contributed by atoms with Gasteiger partial charge in [-0.05, 0) is 43.1 Å². The topological polar surface area (TPSA) is 87.7 Å². The monoisotopic (exact) mass is 361 g/mol. The third-order valence-corrected chi connectivity index (χ3v) is 5.13. The minimum absolute atomic E-state index is 0.220. The van der Waals surface area contributed by atoms with Crippen molar-refractivity contribution in [2.24, 2.45) is 0 Å². The average molecular weight is 361 g/mol. The van der Waals surface area contributed by atoms with Crippen molar-refractivity contribution in [1.82, 2.24) is 15.5 Å². The smallest absolute Gasteiger partial charge is 0.255 e. The zero-order valence-electron chi connectivity index (χ0n) is 14.2. The van der Waals surface area contributed by atoms with Gasteiger partial charge in [0.15, 0.2) is 0 Å². The Balaban J connectivity index is 1.49. The van der Waals surface area contributed by atoms with E-state index in [9.17, 15) is 18.8 Å². The summed E-state index contributed by atoms with van der Waals surface area (Å²) in [6.07, 6.45) is -0.615. The number of carbonyl (C=O) groups is 3. The summed E-state index contributed by atoms with van der Waals surface area (Å²) in [4.78, 5) is 37.5. The zero-order chi connectivity index (χ0) is 18.3. The lowest BCUT2D eigenvalue weighted by atomic mass is 10.0. The standard InChI is InChI=1S/C18H20FN3O4/c19-13-5-6-20-8-15(13)26-11-1-2-12-10(7-11)9-22(18(12)25)14-3-4-16(23)21-17(14)24/h1-2,7,13-15,20H,3-6,8-9H2,(H,21,23,24)/t13-,14?,15+/m0/s1. The first-order valence-electron chi connectivity index (χ1n) is 8.82. The van der Waals surface area contributed by atoms with Crippen molar-refractivity contribution in [2.75, 3.05) is 13.1 Å². The highest BCUT2D eigenvalue weighted by Gasteiger charge is 2.39. The molecule has 8 heteroatoms. The van der Waals surface area contributed by atoms with Gasteiger partial charge in [0.05, 0.1) is 0 Å². The molecular formula is C18H20FN3O4. The van der Waals surface area contributed by atoms with Gasteiger partial charge < -0.3 is 15.0 Å². The van der Waals surface area contributed by atoms with Crippen LogP contribution in [0.5, 0.6) is 5.75 Å². The fourth-order valence-electron chi connectivity index (χ4n) is 3.71. The lowest BCUT2D eigenvalue weighted by Crippen LogP contribution is -2.52. The number of piperidine rings is 2. The van der Waals surface area contributed by atoms with Crippen LogP contribution < -0.4 is 15.4 Å². The summed E-state index contributed by atoms with van der Waals surface area (Å²) in [6, 6.07) is 4.41. The predicted molar refractivity (Wildman–Crippen MR) is 89.3 cm³/mol. The number of halogens is 1. The molecule has 1 aromatic rings. The third-order valence-electron chi connectivity index (χ3n) is 5.13. The van der Waals surface area contributed by atoms with Gasteiger partial charge in [-0.2, -0.15) is 0 Å². The highest BCUT2D eigenvalue weighted by atomic mass is 19.1. The van der Waals surface area contributed by atoms with Crippen LogP contribution in [-0.4, -0.2) is 54.0 Å². The van der Waals surface area contributed by atoms with E-state index in [1.54, 1.807) is 18.2 Å². The summed E-state index contributed by atoms with van der Waals surface area (Å²) >= 11 is 0. The molecule has 0 aromatic heterocycles. The molecule has 0 bridgehead atoms. The Morgan fingerprint density at radius 3 is 2.81 bits per heavy atom. The van der Waals surface area contributed by atoms with E-state index in [2.05, 4.69) is 10.6 Å². The van der Waals surface area contributed by atoms with Crippen LogP contribution in [0.1, 0.15) is 35.2 Å². The highest BCUT2D eigenvalue weighted by molar-refractivity contribution is 6.05. The molecule has 26 heavy (non-hydrogen) atoms. The normalized spacial score (nSPS) is 28.7. The van der Waals surface area contributed by atoms with Gasteiger partial charge in [-0.1, -0.05) is 0 Å². The molecule has 2 fully saturated rings. The Kier molecular flexibility index (Phi) is 4.36. The van der Waals surface area contributed by atoms with Crippen molar-refractivity contribution in [3.63, 3.8) is 0 Å². The molecule has 2 saturated heterocycles. The Bertz CT molecular complexity index is 769. The van der Waals surface area contributed by atoms with E-state index in [4.69, 9.17) is 4.74 Å². The van der Waals surface area contributed by atoms with E-state index in [0.717, 1.165) is 5.56 Å². The number of nitrogens with zero attached hydrogens (tertiary/aromatic N) is 1. The molecule has 138 valence electrons. The first-order valence-corrected chi connectivity index (χ1v) is 8.82. The molecular weight excluding hydrogens is 341 g/mol. The number of hydrogen-bond acceptors (Lipinski definition) is 5. The molecule has 1 unspecified atom stereocenters. The minimum atomic E-state index is -1.02. The van der Waals surface area contributed by atoms with Crippen LogP contribution in [-0.2, 0) is 16.1 Å². The molecule has 1 aromatic carbocycles. The van der Waals surface area contributed by atoms with Crippen LogP contribution in [0, 0.1) is 0 Å². The number of imide groups is 1. The molecule has 3 amide bonds. The lowest BCUT2D eigenvalue weighted by molar-refractivity contribution is -0.136. The number of amides is 3. The fourth-order valence-corrected chi connectivity index (χ4v) is 3.71. The molecule has 2 N–H and O–H groups in total. The predicted octanol–water partition coefficient (Wildman–Crippen LogP) is 0.526. The Hall–Kier alpha value is -2.48. The zero-order valence-corrected chi connectivity index (χ0v) is 14.2. The average Bonchev–Trinajstić information content (AvgIpc) is 2.93. The van der Waals surface area contributed by atoms with Crippen molar-refractivity contribution < 1.29 is 23.5 Å². The molecule has 4 rings (SSSR count). The summed E-state index contributed by atoms with van der Waals surface area (Å²) < 4.78 is 19.7. The largest absolute Gasteiger partial charge is 0.486 e. The molecule has 7 nitrogen and oxygen atoms in total. The van der Waals surface area contributed by atoms with Gasteiger partial charge in [0.1, 0.15) is 24.1 Å². The summed E-state index contributed by atoms with van der Waals surface area (Å²) in [5.41, 5.74) is 1.26. The van der Waals surface area contributed by atoms with E-state index in [0.29, 0.717) is 37.2 Å². The molecule has 3 heterocycles. The number of rotatable bonds is 3. The molecule has 0 aliphatic carbocycles. The van der Waals surface area contributed by atoms with E-state index in [1.165, 1.54) is 4.90 Å². The molecule has 3 aliphatic rings. The van der Waals surface area contributed by atoms with Crippen molar-refractivity contribution in [2.45, 2.75) is 44.1 Å². The van der Waals surface area contributed by atoms with Crippen molar-refractivity contribution in [1.29, 1.82) is 0 Å². The van der Waals surface area contributed by atoms with Gasteiger partial charge in [0.2, 0.25) is 11.8 Å². The van der Waals surface area contributed by atoms with Gasteiger partial charge in [0, 0.05) is 25.1 Å². The van der Waals surface area contributed by atoms with Crippen LogP contribution in [0.15, 0.2) is 18.2 Å². The van der Waals surface area contributed by atoms with Crippen LogP contribution in [0.25, 0.3) is 0 Å². The van der Waals surface area contributed by atoms with Gasteiger partial charge in [-0.15, -0.1) is 0 Å². The van der Waals surface area contributed by atoms with E-state index < -0.39 is 24.2 Å². The van der Waals surface area contributed by atoms with Gasteiger partial charge >= 0.3 is 0 Å². The Labute approximate surface area is 149 Å². The van der Waals surface area contributed by atoms with Crippen molar-refractivity contribution in [3.8, 4) is 5.75 Å². The second-order valence-corrected chi connectivity index (χ2v) is 6.88. The van der Waals surface area contributed by atoms with Crippen molar-refractivity contribution in [3.05, 3.63) is 29.3 Å². The number of fused-ring (bicyclic) bond motifs is 1. The van der Waals surface area contributed by atoms with E-state index >= 15 is 0 Å². The molecule has 0 spiro atoms. The molecule has 0 radical (unpaired) electrons. The third kappa shape index (κ3) is 3.05. The highest BCUT2D eigenvalue weighted by Crippen LogP contribution is 2.31. The summed E-state index contributed by atoms with van der Waals surface area (Å²) in [5.74, 6) is -0.470. The van der Waals surface area contributed by atoms with Crippen LogP contribution in [0.4, 0.5) is 4.39 Å². The van der Waals surface area contributed by atoms with E-state index in [-0.39, 0.29) is 24.8 Å². The number of ether oxygens (including phenoxy) is 1. The number of hydrogen-bond donors (Lipinski definition) is 2. The number of benzene rings is 1. The maximum absolute atomic E-state index is 14.0. The Morgan fingerprint density at radius 2 is 2.04 bits per heavy atom. The lowest BCUT2D eigenvalue weighted by Gasteiger charge is -2.29. The number of nitrogens with one attached hydrogen (secondary N) is 2. The minimum Gasteiger partial charge on any atom is -0.486 e. The van der Waals surface area contributed by atoms with Crippen LogP contribution >= 0.6 is 0 Å². The molecule has 0 saturated carbocycles. The summed E-state index contributed by atoms with van der Waals surface area (Å²) in [5, 5.41) is 5.38. The summed E-state index contributed by atoms with van der Waals surface area (Å²) in [6.45, 7) is 1.36. The number of alkyl halides is 1. The maximum atomic E-state index is 14.0. The Morgan fingerprint density at radius 1 is 1.19 bits per heavy atom. The molecule has 3 aliphatic heterocycles. The van der Waals surface area contributed by atoms with Crippen molar-refractivity contribution >= 4 is 17.7 Å². The maximum Gasteiger partial charge on any atom is 0.255 e. The van der Waals surface area contributed by atoms with Gasteiger partial charge in [-0.25, -0.2) is 4.39 Å². The van der Waals surface area contributed by atoms with Gasteiger partial charge in [0.25, 0.3) is 5.91 Å². The van der Waals surface area contributed by atoms with Crippen LogP contribution in [0.2, 0.25) is 0 Å². The molecule has 3 atom stereocenters. The first kappa shape index (κ1) is 17.0. The quantitative estimate of drug-likeness (QED) is 0.767.